The second-order valence-electron chi connectivity index (χ2n) is 3.97. The first-order valence-electron chi connectivity index (χ1n) is 5.84. The van der Waals surface area contributed by atoms with E-state index < -0.39 is 0 Å². The third-order valence-corrected chi connectivity index (χ3v) is 2.66. The Balaban J connectivity index is 2.36. The summed E-state index contributed by atoms with van der Waals surface area (Å²) in [5.74, 6) is 1.27. The quantitative estimate of drug-likeness (QED) is 0.775. The van der Waals surface area contributed by atoms with Gasteiger partial charge < -0.3 is 15.2 Å². The van der Waals surface area contributed by atoms with Crippen LogP contribution in [0.3, 0.4) is 0 Å². The average molecular weight is 251 g/mol. The van der Waals surface area contributed by atoms with E-state index in [-0.39, 0.29) is 12.6 Å². The van der Waals surface area contributed by atoms with Crippen LogP contribution in [0.5, 0.6) is 0 Å². The predicted molar refractivity (Wildman–Crippen MR) is 66.3 cm³/mol. The van der Waals surface area contributed by atoms with Crippen LogP contribution in [-0.4, -0.2) is 44.4 Å². The predicted octanol–water partition coefficient (Wildman–Crippen LogP) is 0.453. The van der Waals surface area contributed by atoms with Crippen LogP contribution in [0.2, 0.25) is 0 Å². The highest BCUT2D eigenvalue weighted by Gasteiger charge is 2.11. The zero-order valence-electron chi connectivity index (χ0n) is 10.5. The Morgan fingerprint density at radius 1 is 1.56 bits per heavy atom. The number of rotatable bonds is 6. The number of hydrogen-bond donors (Lipinski definition) is 2. The highest BCUT2D eigenvalue weighted by atomic mass is 16.5. The van der Waals surface area contributed by atoms with Crippen molar-refractivity contribution >= 4 is 11.6 Å². The Kier molecular flexibility index (Phi) is 4.06. The summed E-state index contributed by atoms with van der Waals surface area (Å²) < 4.78 is 6.68. The van der Waals surface area contributed by atoms with Gasteiger partial charge in [-0.25, -0.2) is 4.98 Å². The van der Waals surface area contributed by atoms with Crippen molar-refractivity contribution in [1.82, 2.24) is 19.6 Å². The van der Waals surface area contributed by atoms with Gasteiger partial charge in [-0.2, -0.15) is 14.6 Å². The molecule has 0 spiro atoms. The molecule has 0 amide bonds. The number of fused-ring (bicyclic) bond motifs is 1. The van der Waals surface area contributed by atoms with Crippen LogP contribution in [0.4, 0.5) is 5.82 Å². The van der Waals surface area contributed by atoms with Crippen LogP contribution in [0.25, 0.3) is 5.78 Å². The van der Waals surface area contributed by atoms with Crippen molar-refractivity contribution in [2.24, 2.45) is 0 Å². The molecule has 0 aliphatic heterocycles. The van der Waals surface area contributed by atoms with Gasteiger partial charge in [0.05, 0.1) is 24.9 Å². The maximum atomic E-state index is 9.23. The third kappa shape index (κ3) is 2.57. The summed E-state index contributed by atoms with van der Waals surface area (Å²) in [6.45, 7) is 2.48. The van der Waals surface area contributed by atoms with E-state index in [9.17, 15) is 5.11 Å². The van der Waals surface area contributed by atoms with E-state index in [1.807, 2.05) is 13.0 Å². The molecule has 0 aliphatic rings. The van der Waals surface area contributed by atoms with Crippen molar-refractivity contribution in [1.29, 1.82) is 0 Å². The summed E-state index contributed by atoms with van der Waals surface area (Å²) in [6.07, 6.45) is 2.26. The Labute approximate surface area is 105 Å². The Hall–Kier alpha value is -1.73. The number of aromatic nitrogens is 4. The van der Waals surface area contributed by atoms with E-state index in [1.54, 1.807) is 11.6 Å². The van der Waals surface area contributed by atoms with Gasteiger partial charge >= 0.3 is 0 Å². The van der Waals surface area contributed by atoms with Crippen LogP contribution in [-0.2, 0) is 11.3 Å². The molecular weight excluding hydrogens is 234 g/mol. The van der Waals surface area contributed by atoms with Crippen molar-refractivity contribution in [3.8, 4) is 0 Å². The van der Waals surface area contributed by atoms with E-state index >= 15 is 0 Å². The molecule has 2 aromatic rings. The first-order chi connectivity index (χ1) is 8.78. The van der Waals surface area contributed by atoms with Crippen LogP contribution in [0, 0.1) is 0 Å². The van der Waals surface area contributed by atoms with E-state index in [4.69, 9.17) is 4.74 Å². The lowest BCUT2D eigenvalue weighted by Crippen LogP contribution is -2.24. The summed E-state index contributed by atoms with van der Waals surface area (Å²) in [4.78, 5) is 8.37. The van der Waals surface area contributed by atoms with Crippen molar-refractivity contribution < 1.29 is 9.84 Å². The number of aliphatic hydroxyl groups is 1. The molecule has 0 unspecified atom stereocenters. The van der Waals surface area contributed by atoms with Gasteiger partial charge in [0.15, 0.2) is 0 Å². The molecule has 0 saturated carbocycles. The molecule has 0 radical (unpaired) electrons. The van der Waals surface area contributed by atoms with Crippen molar-refractivity contribution in [2.75, 3.05) is 19.0 Å². The zero-order valence-corrected chi connectivity index (χ0v) is 10.5. The van der Waals surface area contributed by atoms with Gasteiger partial charge in [0, 0.05) is 13.2 Å². The molecule has 2 rings (SSSR count). The Bertz CT molecular complexity index is 509. The second-order valence-corrected chi connectivity index (χ2v) is 3.97. The molecule has 2 heterocycles. The number of anilines is 1. The topological polar surface area (TPSA) is 84.6 Å². The van der Waals surface area contributed by atoms with Gasteiger partial charge in [0.1, 0.15) is 12.1 Å². The number of ether oxygens (including phenoxy) is 1. The monoisotopic (exact) mass is 251 g/mol. The van der Waals surface area contributed by atoms with Crippen molar-refractivity contribution in [2.45, 2.75) is 26.0 Å². The lowest BCUT2D eigenvalue weighted by molar-refractivity contribution is 0.181. The molecule has 2 N–H and O–H groups in total. The third-order valence-electron chi connectivity index (χ3n) is 2.66. The van der Waals surface area contributed by atoms with Crippen LogP contribution >= 0.6 is 0 Å². The SMILES string of the molecule is CC[C@@H](CO)Nc1cc(COC)nc2ncnn12. The Morgan fingerprint density at radius 2 is 2.39 bits per heavy atom. The summed E-state index contributed by atoms with van der Waals surface area (Å²) in [5, 5.41) is 16.6. The van der Waals surface area contributed by atoms with Gasteiger partial charge in [-0.1, -0.05) is 6.92 Å². The van der Waals surface area contributed by atoms with Gasteiger partial charge in [-0.05, 0) is 6.42 Å². The molecule has 0 aromatic carbocycles. The molecule has 0 fully saturated rings. The van der Waals surface area contributed by atoms with Gasteiger partial charge in [0.2, 0.25) is 0 Å². The van der Waals surface area contributed by atoms with E-state index in [0.717, 1.165) is 17.9 Å². The highest BCUT2D eigenvalue weighted by molar-refractivity contribution is 5.45. The molecule has 18 heavy (non-hydrogen) atoms. The minimum absolute atomic E-state index is 0.0183. The minimum atomic E-state index is -0.0183. The number of nitrogens with one attached hydrogen (secondary N) is 1. The molecule has 7 nitrogen and oxygen atoms in total. The van der Waals surface area contributed by atoms with Crippen LogP contribution in [0.15, 0.2) is 12.4 Å². The second kappa shape index (κ2) is 5.74. The fourth-order valence-corrected chi connectivity index (χ4v) is 1.67. The largest absolute Gasteiger partial charge is 0.394 e. The minimum Gasteiger partial charge on any atom is -0.394 e. The molecule has 2 aromatic heterocycles. The lowest BCUT2D eigenvalue weighted by atomic mass is 10.2. The summed E-state index contributed by atoms with van der Waals surface area (Å²) >= 11 is 0. The van der Waals surface area contributed by atoms with Gasteiger partial charge in [0.25, 0.3) is 5.78 Å². The van der Waals surface area contributed by atoms with E-state index in [2.05, 4.69) is 20.4 Å². The van der Waals surface area contributed by atoms with Crippen LogP contribution in [0.1, 0.15) is 19.0 Å². The molecule has 98 valence electrons. The summed E-state index contributed by atoms with van der Waals surface area (Å²) in [7, 11) is 1.62. The zero-order chi connectivity index (χ0) is 13.0. The fraction of sp³-hybridized carbons (Fsp3) is 0.545. The first-order valence-corrected chi connectivity index (χ1v) is 5.84. The molecular formula is C11H17N5O2. The number of nitrogens with zero attached hydrogens (tertiary/aromatic N) is 4. The molecule has 0 bridgehead atoms. The summed E-state index contributed by atoms with van der Waals surface area (Å²) in [5.41, 5.74) is 0.772. The maximum Gasteiger partial charge on any atom is 0.254 e. The molecule has 0 aliphatic carbocycles. The molecule has 7 heteroatoms. The fourth-order valence-electron chi connectivity index (χ4n) is 1.67. The van der Waals surface area contributed by atoms with Gasteiger partial charge in [-0.15, -0.1) is 0 Å². The smallest absolute Gasteiger partial charge is 0.254 e. The number of hydrogen-bond acceptors (Lipinski definition) is 6. The van der Waals surface area contributed by atoms with Gasteiger partial charge in [-0.3, -0.25) is 0 Å². The van der Waals surface area contributed by atoms with E-state index in [0.29, 0.717) is 12.4 Å². The standard InChI is InChI=1S/C11H17N5O2/c1-3-8(5-17)14-10-4-9(6-18-2)15-11-12-7-13-16(10)11/h4,7-8,14,17H,3,5-6H2,1-2H3/t8-/m0/s1. The molecule has 1 atom stereocenters. The molecule has 0 saturated heterocycles. The lowest BCUT2D eigenvalue weighted by Gasteiger charge is -2.16. The highest BCUT2D eigenvalue weighted by Crippen LogP contribution is 2.13. The van der Waals surface area contributed by atoms with Crippen LogP contribution < -0.4 is 5.32 Å². The number of aliphatic hydroxyl groups excluding tert-OH is 1. The first kappa shape index (κ1) is 12.7. The average Bonchev–Trinajstić information content (AvgIpc) is 2.84. The van der Waals surface area contributed by atoms with E-state index in [1.165, 1.54) is 6.33 Å². The maximum absolute atomic E-state index is 9.23. The van der Waals surface area contributed by atoms with Crippen molar-refractivity contribution in [3.63, 3.8) is 0 Å². The normalized spacial score (nSPS) is 12.8. The Morgan fingerprint density at radius 3 is 3.06 bits per heavy atom. The number of methoxy groups -OCH3 is 1. The van der Waals surface area contributed by atoms with Crippen molar-refractivity contribution in [3.05, 3.63) is 18.1 Å². The summed E-state index contributed by atoms with van der Waals surface area (Å²) in [6, 6.07) is 1.83.